The monoisotopic (exact) mass is 313 g/mol. The van der Waals surface area contributed by atoms with Crippen LogP contribution in [0.15, 0.2) is 24.4 Å². The molecule has 0 amide bonds. The molecule has 0 saturated heterocycles. The molecule has 1 fully saturated rings. The van der Waals surface area contributed by atoms with E-state index < -0.39 is 0 Å². The van der Waals surface area contributed by atoms with Gasteiger partial charge in [-0.05, 0) is 31.4 Å². The average Bonchev–Trinajstić information content (AvgIpc) is 3.10. The lowest BCUT2D eigenvalue weighted by Crippen LogP contribution is -2.10. The number of nitrogens with one attached hydrogen (secondary N) is 3. The van der Waals surface area contributed by atoms with Crippen LogP contribution in [0.1, 0.15) is 30.9 Å². The summed E-state index contributed by atoms with van der Waals surface area (Å²) in [6.45, 7) is 0.762. The lowest BCUT2D eigenvalue weighted by molar-refractivity contribution is 0.292. The number of aromatic amines is 1. The largest absolute Gasteiger partial charge is 0.396 e. The predicted octanol–water partition coefficient (Wildman–Crippen LogP) is 1.87. The first-order valence-electron chi connectivity index (χ1n) is 7.86. The van der Waals surface area contributed by atoms with Crippen LogP contribution in [0.2, 0.25) is 0 Å². The second-order valence-corrected chi connectivity index (χ2v) is 5.73. The van der Waals surface area contributed by atoms with Crippen LogP contribution in [0.4, 0.5) is 17.6 Å². The standard InChI is InChI=1S/C15H19N7O/c23-8-2-6-16-15-18-14(12-3-1-7-22(12)21-15)17-13-9-11(19-20-13)10-4-5-10/h1,3,7,9-10,23H,2,4-6,8H2,(H3,16,17,18,19,20,21). The van der Waals surface area contributed by atoms with Crippen molar-refractivity contribution in [1.29, 1.82) is 0 Å². The fraction of sp³-hybridized carbons (Fsp3) is 0.400. The summed E-state index contributed by atoms with van der Waals surface area (Å²) in [5, 5.41) is 27.0. The number of anilines is 3. The zero-order valence-corrected chi connectivity index (χ0v) is 12.7. The van der Waals surface area contributed by atoms with E-state index >= 15 is 0 Å². The fourth-order valence-corrected chi connectivity index (χ4v) is 2.51. The number of aliphatic hydroxyl groups excluding tert-OH is 1. The van der Waals surface area contributed by atoms with Crippen LogP contribution in [-0.2, 0) is 0 Å². The van der Waals surface area contributed by atoms with E-state index in [9.17, 15) is 0 Å². The molecule has 0 atom stereocenters. The predicted molar refractivity (Wildman–Crippen MR) is 87.0 cm³/mol. The van der Waals surface area contributed by atoms with Crippen LogP contribution in [0.5, 0.6) is 0 Å². The zero-order valence-electron chi connectivity index (χ0n) is 12.7. The third-order valence-electron chi connectivity index (χ3n) is 3.87. The van der Waals surface area contributed by atoms with Crippen molar-refractivity contribution in [2.45, 2.75) is 25.2 Å². The Morgan fingerprint density at radius 2 is 2.30 bits per heavy atom. The van der Waals surface area contributed by atoms with Gasteiger partial charge in [-0.25, -0.2) is 4.52 Å². The molecule has 0 bridgehead atoms. The summed E-state index contributed by atoms with van der Waals surface area (Å²) >= 11 is 0. The Bertz CT molecular complexity index is 805. The highest BCUT2D eigenvalue weighted by Gasteiger charge is 2.25. The van der Waals surface area contributed by atoms with E-state index in [2.05, 4.69) is 30.9 Å². The van der Waals surface area contributed by atoms with Gasteiger partial charge in [-0.2, -0.15) is 10.1 Å². The van der Waals surface area contributed by atoms with Gasteiger partial charge < -0.3 is 15.7 Å². The Hall–Kier alpha value is -2.61. The van der Waals surface area contributed by atoms with E-state index in [0.29, 0.717) is 30.6 Å². The number of nitrogens with zero attached hydrogens (tertiary/aromatic N) is 4. The summed E-state index contributed by atoms with van der Waals surface area (Å²) in [7, 11) is 0. The number of fused-ring (bicyclic) bond motifs is 1. The molecule has 0 radical (unpaired) electrons. The van der Waals surface area contributed by atoms with Crippen molar-refractivity contribution in [3.63, 3.8) is 0 Å². The molecule has 1 aliphatic carbocycles. The van der Waals surface area contributed by atoms with Gasteiger partial charge in [0.2, 0.25) is 5.95 Å². The molecule has 0 aromatic carbocycles. The maximum atomic E-state index is 8.87. The van der Waals surface area contributed by atoms with Crippen molar-refractivity contribution in [1.82, 2.24) is 24.8 Å². The van der Waals surface area contributed by atoms with Crippen molar-refractivity contribution in [2.75, 3.05) is 23.8 Å². The van der Waals surface area contributed by atoms with Gasteiger partial charge in [0.25, 0.3) is 0 Å². The van der Waals surface area contributed by atoms with Gasteiger partial charge in [0.05, 0.1) is 0 Å². The summed E-state index contributed by atoms with van der Waals surface area (Å²) in [6, 6.07) is 5.92. The highest BCUT2D eigenvalue weighted by molar-refractivity contribution is 5.73. The fourth-order valence-electron chi connectivity index (χ4n) is 2.51. The van der Waals surface area contributed by atoms with Gasteiger partial charge in [-0.1, -0.05) is 0 Å². The summed E-state index contributed by atoms with van der Waals surface area (Å²) in [4.78, 5) is 4.52. The highest BCUT2D eigenvalue weighted by Crippen LogP contribution is 2.39. The number of rotatable bonds is 7. The lowest BCUT2D eigenvalue weighted by Gasteiger charge is -2.09. The summed E-state index contributed by atoms with van der Waals surface area (Å²) < 4.78 is 1.77. The van der Waals surface area contributed by atoms with E-state index in [4.69, 9.17) is 5.11 Å². The molecule has 8 heteroatoms. The summed E-state index contributed by atoms with van der Waals surface area (Å²) in [5.41, 5.74) is 2.06. The summed E-state index contributed by atoms with van der Waals surface area (Å²) in [5.74, 6) is 2.61. The van der Waals surface area contributed by atoms with E-state index in [1.807, 2.05) is 24.4 Å². The van der Waals surface area contributed by atoms with Crippen molar-refractivity contribution in [3.05, 3.63) is 30.1 Å². The van der Waals surface area contributed by atoms with Crippen LogP contribution >= 0.6 is 0 Å². The SMILES string of the molecule is OCCCNc1nc(Nc2cc(C3CC3)[nH]n2)c2cccn2n1. The molecule has 0 aliphatic heterocycles. The normalized spacial score (nSPS) is 14.3. The quantitative estimate of drug-likeness (QED) is 0.497. The highest BCUT2D eigenvalue weighted by atomic mass is 16.3. The van der Waals surface area contributed by atoms with Gasteiger partial charge in [0.1, 0.15) is 5.52 Å². The Balaban J connectivity index is 1.59. The number of H-pyrrole nitrogens is 1. The molecule has 3 aromatic heterocycles. The molecular formula is C15H19N7O. The van der Waals surface area contributed by atoms with Crippen LogP contribution < -0.4 is 10.6 Å². The second kappa shape index (κ2) is 5.88. The Kier molecular flexibility index (Phi) is 3.58. The first-order valence-corrected chi connectivity index (χ1v) is 7.86. The topological polar surface area (TPSA) is 103 Å². The molecule has 4 N–H and O–H groups in total. The molecule has 120 valence electrons. The Morgan fingerprint density at radius 3 is 3.13 bits per heavy atom. The van der Waals surface area contributed by atoms with Gasteiger partial charge in [-0.3, -0.25) is 5.10 Å². The second-order valence-electron chi connectivity index (χ2n) is 5.73. The molecular weight excluding hydrogens is 294 g/mol. The molecule has 3 aromatic rings. The maximum absolute atomic E-state index is 8.87. The molecule has 3 heterocycles. The smallest absolute Gasteiger partial charge is 0.243 e. The van der Waals surface area contributed by atoms with Crippen LogP contribution in [-0.4, -0.2) is 43.1 Å². The van der Waals surface area contributed by atoms with Crippen molar-refractivity contribution < 1.29 is 5.11 Å². The average molecular weight is 313 g/mol. The van der Waals surface area contributed by atoms with E-state index in [1.54, 1.807) is 4.52 Å². The number of aliphatic hydroxyl groups is 1. The van der Waals surface area contributed by atoms with Crippen LogP contribution in [0.3, 0.4) is 0 Å². The first-order chi connectivity index (χ1) is 11.3. The van der Waals surface area contributed by atoms with Gasteiger partial charge >= 0.3 is 0 Å². The lowest BCUT2D eigenvalue weighted by atomic mass is 10.3. The Morgan fingerprint density at radius 1 is 1.39 bits per heavy atom. The molecule has 1 aliphatic rings. The summed E-state index contributed by atoms with van der Waals surface area (Å²) in [6.07, 6.45) is 4.99. The molecule has 0 unspecified atom stereocenters. The minimum absolute atomic E-state index is 0.140. The minimum Gasteiger partial charge on any atom is -0.396 e. The Labute approximate surface area is 132 Å². The van der Waals surface area contributed by atoms with E-state index in [1.165, 1.54) is 18.5 Å². The van der Waals surface area contributed by atoms with Gasteiger partial charge in [0, 0.05) is 37.0 Å². The molecule has 0 spiro atoms. The van der Waals surface area contributed by atoms with Crippen molar-refractivity contribution in [3.8, 4) is 0 Å². The zero-order chi connectivity index (χ0) is 15.6. The van der Waals surface area contributed by atoms with E-state index in [-0.39, 0.29) is 6.61 Å². The third-order valence-corrected chi connectivity index (χ3v) is 3.87. The van der Waals surface area contributed by atoms with Gasteiger partial charge in [-0.15, -0.1) is 5.10 Å². The first kappa shape index (κ1) is 14.0. The number of hydrogen-bond acceptors (Lipinski definition) is 6. The van der Waals surface area contributed by atoms with Crippen molar-refractivity contribution in [2.24, 2.45) is 0 Å². The van der Waals surface area contributed by atoms with E-state index in [0.717, 1.165) is 11.3 Å². The number of hydrogen-bond donors (Lipinski definition) is 4. The van der Waals surface area contributed by atoms with Gasteiger partial charge in [0.15, 0.2) is 11.6 Å². The van der Waals surface area contributed by atoms with Crippen molar-refractivity contribution >= 4 is 23.1 Å². The molecule has 8 nitrogen and oxygen atoms in total. The maximum Gasteiger partial charge on any atom is 0.243 e. The number of aromatic nitrogens is 5. The van der Waals surface area contributed by atoms with Crippen LogP contribution in [0, 0.1) is 0 Å². The third kappa shape index (κ3) is 2.98. The molecule has 23 heavy (non-hydrogen) atoms. The molecule has 4 rings (SSSR count). The van der Waals surface area contributed by atoms with Crippen LogP contribution in [0.25, 0.3) is 5.52 Å². The molecule has 1 saturated carbocycles. The minimum atomic E-state index is 0.140.